The molecule has 13 heavy (non-hydrogen) atoms. The van der Waals surface area contributed by atoms with Crippen molar-refractivity contribution >= 4 is 11.7 Å². The molecule has 1 heterocycles. The van der Waals surface area contributed by atoms with Crippen LogP contribution in [0.15, 0.2) is 0 Å². The summed E-state index contributed by atoms with van der Waals surface area (Å²) in [5.41, 5.74) is -1.51. The van der Waals surface area contributed by atoms with Gasteiger partial charge >= 0.3 is 5.97 Å². The molecule has 1 aliphatic rings. The number of carbonyl (C=O) groups is 1. The van der Waals surface area contributed by atoms with E-state index in [2.05, 4.69) is 4.99 Å². The van der Waals surface area contributed by atoms with Gasteiger partial charge in [-0.1, -0.05) is 0 Å². The van der Waals surface area contributed by atoms with Crippen molar-refractivity contribution in [3.8, 4) is 0 Å². The molecule has 5 nitrogen and oxygen atoms in total. The molecule has 0 saturated carbocycles. The number of aliphatic carboxylic acids is 1. The maximum Gasteiger partial charge on any atom is 0.398 e. The molecule has 0 spiro atoms. The van der Waals surface area contributed by atoms with Crippen LogP contribution in [0.3, 0.4) is 0 Å². The Bertz CT molecular complexity index is 281. The zero-order valence-corrected chi connectivity index (χ0v) is 8.25. The van der Waals surface area contributed by atoms with Crippen LogP contribution in [-0.2, 0) is 4.79 Å². The molecule has 5 heteroatoms. The van der Waals surface area contributed by atoms with E-state index in [0.29, 0.717) is 0 Å². The van der Waals surface area contributed by atoms with Gasteiger partial charge in [0.15, 0.2) is 0 Å². The average molecular weight is 187 g/mol. The Hall–Kier alpha value is -0.940. The molecule has 0 saturated heterocycles. The third kappa shape index (κ3) is 1.34. The zero-order valence-electron chi connectivity index (χ0n) is 8.25. The minimum atomic E-state index is -1.03. The van der Waals surface area contributed by atoms with Crippen LogP contribution in [0.5, 0.6) is 0 Å². The predicted octanol–water partition coefficient (Wildman–Crippen LogP) is -1.19. The Balaban J connectivity index is 3.17. The summed E-state index contributed by atoms with van der Waals surface area (Å²) in [5.74, 6) is -1.03. The highest BCUT2D eigenvalue weighted by atomic mass is 16.5. The first-order valence-electron chi connectivity index (χ1n) is 4.07. The Morgan fingerprint density at radius 3 is 2.00 bits per heavy atom. The van der Waals surface area contributed by atoms with E-state index in [4.69, 9.17) is 5.11 Å². The summed E-state index contributed by atoms with van der Waals surface area (Å²) < 4.78 is 0. The molecule has 0 aromatic carbocycles. The number of carboxylic acid groups (broad SMARTS) is 1. The van der Waals surface area contributed by atoms with E-state index in [1.165, 1.54) is 0 Å². The number of nitrogens with zero attached hydrogens (tertiary/aromatic N) is 1. The minimum Gasteiger partial charge on any atom is -0.473 e. The maximum atomic E-state index is 10.8. The molecule has 0 unspecified atom stereocenters. The fraction of sp³-hybridized carbons (Fsp3) is 0.750. The Kier molecular flexibility index (Phi) is 1.97. The fourth-order valence-corrected chi connectivity index (χ4v) is 1.63. The van der Waals surface area contributed by atoms with Gasteiger partial charge in [0.05, 0.1) is 0 Å². The first-order valence-corrected chi connectivity index (χ1v) is 4.07. The van der Waals surface area contributed by atoms with Gasteiger partial charge in [0, 0.05) is 13.8 Å². The van der Waals surface area contributed by atoms with Gasteiger partial charge in [0.25, 0.3) is 5.71 Å². The van der Waals surface area contributed by atoms with E-state index in [9.17, 15) is 10.0 Å². The number of carboxylic acids is 1. The van der Waals surface area contributed by atoms with Gasteiger partial charge in [-0.2, -0.15) is 0 Å². The van der Waals surface area contributed by atoms with Gasteiger partial charge < -0.3 is 10.3 Å². The number of hydrogen-bond donors (Lipinski definition) is 3. The van der Waals surface area contributed by atoms with Gasteiger partial charge in [0.1, 0.15) is 5.54 Å². The summed E-state index contributed by atoms with van der Waals surface area (Å²) in [5, 5.41) is 19.6. The largest absolute Gasteiger partial charge is 0.473 e. The van der Waals surface area contributed by atoms with E-state index in [0.717, 1.165) is 5.06 Å². The molecule has 0 amide bonds. The highest BCUT2D eigenvalue weighted by molar-refractivity contribution is 6.36. The second-order valence-electron chi connectivity index (χ2n) is 4.23. The van der Waals surface area contributed by atoms with Crippen molar-refractivity contribution in [2.75, 3.05) is 0 Å². The predicted molar refractivity (Wildman–Crippen MR) is 45.4 cm³/mol. The Labute approximate surface area is 76.6 Å². The summed E-state index contributed by atoms with van der Waals surface area (Å²) in [7, 11) is 0. The number of rotatable bonds is 1. The Morgan fingerprint density at radius 2 is 1.85 bits per heavy atom. The smallest absolute Gasteiger partial charge is 0.398 e. The van der Waals surface area contributed by atoms with Crippen molar-refractivity contribution in [1.82, 2.24) is 5.06 Å². The lowest BCUT2D eigenvalue weighted by molar-refractivity contribution is -0.585. The number of hydrogen-bond acceptors (Lipinski definition) is 3. The van der Waals surface area contributed by atoms with Gasteiger partial charge in [-0.15, -0.1) is 5.06 Å². The molecule has 0 radical (unpaired) electrons. The molecular weight excluding hydrogens is 172 g/mol. The van der Waals surface area contributed by atoms with Gasteiger partial charge in [-0.05, 0) is 13.8 Å². The standard InChI is InChI=1S/C8H14N2O3/c1-7(2)5(6(11)12)9-8(3,4)10(7)13/h13H,1-4H3,(H,11,12)/p+1. The van der Waals surface area contributed by atoms with Crippen molar-refractivity contribution in [3.05, 3.63) is 0 Å². The van der Waals surface area contributed by atoms with E-state index in [1.54, 1.807) is 27.7 Å². The first kappa shape index (κ1) is 10.1. The third-order valence-electron chi connectivity index (χ3n) is 2.32. The van der Waals surface area contributed by atoms with Crippen molar-refractivity contribution in [1.29, 1.82) is 0 Å². The molecule has 1 aliphatic heterocycles. The lowest BCUT2D eigenvalue weighted by atomic mass is 9.99. The summed E-state index contributed by atoms with van der Waals surface area (Å²) in [6.07, 6.45) is 0. The van der Waals surface area contributed by atoms with Crippen LogP contribution in [0.2, 0.25) is 0 Å². The second-order valence-corrected chi connectivity index (χ2v) is 4.23. The molecule has 1 rings (SSSR count). The van der Waals surface area contributed by atoms with Crippen LogP contribution in [0.4, 0.5) is 0 Å². The molecule has 3 N–H and O–H groups in total. The van der Waals surface area contributed by atoms with Crippen molar-refractivity contribution in [2.45, 2.75) is 38.9 Å². The number of nitrogens with one attached hydrogen (secondary N) is 1. The first-order chi connectivity index (χ1) is 5.69. The van der Waals surface area contributed by atoms with Crippen LogP contribution in [0, 0.1) is 0 Å². The van der Waals surface area contributed by atoms with Crippen molar-refractivity contribution in [3.63, 3.8) is 0 Å². The second kappa shape index (κ2) is 2.52. The lowest BCUT2D eigenvalue weighted by Gasteiger charge is -2.27. The molecule has 0 aromatic heterocycles. The van der Waals surface area contributed by atoms with Gasteiger partial charge in [-0.25, -0.2) is 9.79 Å². The molecule has 0 atom stereocenters. The minimum absolute atomic E-state index is 0.111. The van der Waals surface area contributed by atoms with Crippen LogP contribution >= 0.6 is 0 Å². The Morgan fingerprint density at radius 1 is 1.38 bits per heavy atom. The monoisotopic (exact) mass is 187 g/mol. The van der Waals surface area contributed by atoms with Crippen LogP contribution in [0.1, 0.15) is 27.7 Å². The van der Waals surface area contributed by atoms with Crippen molar-refractivity contribution in [2.24, 2.45) is 0 Å². The van der Waals surface area contributed by atoms with Gasteiger partial charge in [0.2, 0.25) is 5.66 Å². The molecule has 0 fully saturated rings. The summed E-state index contributed by atoms with van der Waals surface area (Å²) >= 11 is 0. The zero-order chi connectivity index (χ0) is 10.4. The lowest BCUT2D eigenvalue weighted by Crippen LogP contribution is -2.85. The van der Waals surface area contributed by atoms with Crippen molar-refractivity contribution < 1.29 is 20.1 Å². The summed E-state index contributed by atoms with van der Waals surface area (Å²) in [6.45, 7) is 6.73. The van der Waals surface area contributed by atoms with Crippen LogP contribution in [0.25, 0.3) is 0 Å². The molecule has 0 aromatic rings. The topological polar surface area (TPSA) is 74.7 Å². The van der Waals surface area contributed by atoms with E-state index >= 15 is 0 Å². The highest BCUT2D eigenvalue weighted by Crippen LogP contribution is 2.22. The van der Waals surface area contributed by atoms with Crippen LogP contribution < -0.4 is 4.99 Å². The van der Waals surface area contributed by atoms with E-state index < -0.39 is 17.2 Å². The SMILES string of the molecule is CC1(C)[NH+]=C(C(=O)O)C(C)(C)N1O. The molecule has 0 aliphatic carbocycles. The fourth-order valence-electron chi connectivity index (χ4n) is 1.63. The van der Waals surface area contributed by atoms with E-state index in [-0.39, 0.29) is 5.71 Å². The average Bonchev–Trinajstić information content (AvgIpc) is 2.11. The molecule has 74 valence electrons. The highest BCUT2D eigenvalue weighted by Gasteiger charge is 2.56. The van der Waals surface area contributed by atoms with Gasteiger partial charge in [-0.3, -0.25) is 0 Å². The summed E-state index contributed by atoms with van der Waals surface area (Å²) in [6, 6.07) is 0. The van der Waals surface area contributed by atoms with E-state index in [1.807, 2.05) is 0 Å². The quantitative estimate of drug-likeness (QED) is 0.482. The maximum absolute atomic E-state index is 10.8. The van der Waals surface area contributed by atoms with Crippen LogP contribution in [-0.4, -0.2) is 38.3 Å². The molecular formula is C8H15N2O3+. The third-order valence-corrected chi connectivity index (χ3v) is 2.32. The number of hydroxylamine groups is 2. The molecule has 0 bridgehead atoms. The normalized spacial score (nSPS) is 25.8. The summed E-state index contributed by atoms with van der Waals surface area (Å²) in [4.78, 5) is 13.6.